The molecule has 3 fully saturated rings. The summed E-state index contributed by atoms with van der Waals surface area (Å²) in [5, 5.41) is 26.4. The number of carbonyl (C=O) groups is 3. The summed E-state index contributed by atoms with van der Waals surface area (Å²) in [4.78, 5) is 37.5. The van der Waals surface area contributed by atoms with Crippen molar-refractivity contribution in [2.45, 2.75) is 81.6 Å². The highest BCUT2D eigenvalue weighted by Crippen LogP contribution is 2.43. The van der Waals surface area contributed by atoms with Crippen LogP contribution in [0.1, 0.15) is 73.2 Å². The van der Waals surface area contributed by atoms with Gasteiger partial charge in [0.15, 0.2) is 6.10 Å². The Labute approximate surface area is 225 Å². The molecule has 3 atom stereocenters. The standard InChI is InChI=1S/C25H37N3O4.C2HF3O2/c26-24(31)19-7-3-6-18(12-19)20-13-21-8-9-22(14-20)28(21)11-10-27(25(32)23(30)16-29)15-17-4-1-2-5-17;3-2(4,5)1(6)7/h3,6-7,12,17,20-23,29-30H,1-2,4-5,8-11,13-16H2,(H2,26,31);(H,6,7)/t20?,21?,22?,23-;/m0./s1. The summed E-state index contributed by atoms with van der Waals surface area (Å²) in [5.41, 5.74) is 7.24. The number of aliphatic hydroxyl groups excluding tert-OH is 2. The Balaban J connectivity index is 0.000000532. The van der Waals surface area contributed by atoms with Crippen LogP contribution < -0.4 is 5.73 Å². The zero-order valence-electron chi connectivity index (χ0n) is 21.9. The third kappa shape index (κ3) is 8.39. The van der Waals surface area contributed by atoms with Gasteiger partial charge in [-0.2, -0.15) is 13.2 Å². The summed E-state index contributed by atoms with van der Waals surface area (Å²) >= 11 is 0. The Kier molecular flexibility index (Phi) is 10.7. The third-order valence-corrected chi connectivity index (χ3v) is 8.12. The van der Waals surface area contributed by atoms with E-state index in [1.807, 2.05) is 12.1 Å². The highest BCUT2D eigenvalue weighted by molar-refractivity contribution is 5.92. The lowest BCUT2D eigenvalue weighted by Gasteiger charge is -2.40. The average molecular weight is 558 g/mol. The first-order chi connectivity index (χ1) is 18.4. The van der Waals surface area contributed by atoms with Crippen LogP contribution in [0.25, 0.3) is 0 Å². The molecule has 9 nitrogen and oxygen atoms in total. The van der Waals surface area contributed by atoms with Crippen LogP contribution >= 0.6 is 0 Å². The van der Waals surface area contributed by atoms with E-state index in [-0.39, 0.29) is 11.8 Å². The average Bonchev–Trinajstić information content (AvgIpc) is 3.49. The van der Waals surface area contributed by atoms with Gasteiger partial charge in [-0.1, -0.05) is 25.0 Å². The zero-order chi connectivity index (χ0) is 28.7. The van der Waals surface area contributed by atoms with Gasteiger partial charge in [-0.25, -0.2) is 4.79 Å². The molecule has 2 unspecified atom stereocenters. The molecule has 2 amide bonds. The topological polar surface area (TPSA) is 144 Å². The molecule has 3 aliphatic rings. The lowest BCUT2D eigenvalue weighted by Crippen LogP contribution is -2.49. The lowest BCUT2D eigenvalue weighted by molar-refractivity contribution is -0.192. The van der Waals surface area contributed by atoms with Crippen molar-refractivity contribution in [2.24, 2.45) is 11.7 Å². The van der Waals surface area contributed by atoms with Crippen molar-refractivity contribution >= 4 is 17.8 Å². The number of hydrogen-bond donors (Lipinski definition) is 4. The summed E-state index contributed by atoms with van der Waals surface area (Å²) in [6.45, 7) is 1.56. The van der Waals surface area contributed by atoms with Crippen LogP contribution in [0.4, 0.5) is 13.2 Å². The van der Waals surface area contributed by atoms with Gasteiger partial charge in [0, 0.05) is 37.3 Å². The smallest absolute Gasteiger partial charge is 0.475 e. The largest absolute Gasteiger partial charge is 0.490 e. The lowest BCUT2D eigenvalue weighted by atomic mass is 9.84. The van der Waals surface area contributed by atoms with Gasteiger partial charge >= 0.3 is 12.1 Å². The minimum atomic E-state index is -5.08. The van der Waals surface area contributed by atoms with Gasteiger partial charge in [0.2, 0.25) is 5.91 Å². The maximum Gasteiger partial charge on any atom is 0.490 e. The number of benzene rings is 1. The van der Waals surface area contributed by atoms with Gasteiger partial charge in [0.1, 0.15) is 0 Å². The molecule has 2 heterocycles. The van der Waals surface area contributed by atoms with Gasteiger partial charge in [0.05, 0.1) is 6.61 Å². The summed E-state index contributed by atoms with van der Waals surface area (Å²) in [6.07, 6.45) is 2.71. The predicted octanol–water partition coefficient (Wildman–Crippen LogP) is 2.50. The number of carbonyl (C=O) groups excluding carboxylic acids is 2. The first-order valence-electron chi connectivity index (χ1n) is 13.4. The number of primary amides is 1. The van der Waals surface area contributed by atoms with Gasteiger partial charge < -0.3 is 26.0 Å². The van der Waals surface area contributed by atoms with E-state index in [9.17, 15) is 33.0 Å². The van der Waals surface area contributed by atoms with Crippen LogP contribution in [0, 0.1) is 5.92 Å². The quantitative estimate of drug-likeness (QED) is 0.365. The van der Waals surface area contributed by atoms with Gasteiger partial charge in [-0.15, -0.1) is 0 Å². The number of alkyl halides is 3. The summed E-state index contributed by atoms with van der Waals surface area (Å²) in [7, 11) is 0. The second kappa shape index (κ2) is 13.6. The van der Waals surface area contributed by atoms with E-state index in [2.05, 4.69) is 11.0 Å². The fourth-order valence-electron chi connectivity index (χ4n) is 6.18. The first kappa shape index (κ1) is 30.8. The van der Waals surface area contributed by atoms with Gasteiger partial charge in [-0.05, 0) is 68.1 Å². The van der Waals surface area contributed by atoms with E-state index >= 15 is 0 Å². The number of nitrogens with zero attached hydrogens (tertiary/aromatic N) is 2. The Bertz CT molecular complexity index is 987. The molecule has 2 bridgehead atoms. The van der Waals surface area contributed by atoms with Crippen molar-refractivity contribution in [1.82, 2.24) is 9.80 Å². The molecule has 12 heteroatoms. The zero-order valence-corrected chi connectivity index (χ0v) is 21.9. The van der Waals surface area contributed by atoms with Crippen molar-refractivity contribution in [3.05, 3.63) is 35.4 Å². The molecule has 1 aromatic rings. The molecule has 4 rings (SSSR count). The number of piperidine rings is 1. The number of fused-ring (bicyclic) bond motifs is 2. The molecule has 39 heavy (non-hydrogen) atoms. The number of carboxylic acids is 1. The van der Waals surface area contributed by atoms with Crippen LogP contribution in [0.15, 0.2) is 24.3 Å². The Morgan fingerprint density at radius 1 is 1.08 bits per heavy atom. The van der Waals surface area contributed by atoms with Crippen molar-refractivity contribution in [3.8, 4) is 0 Å². The number of rotatable bonds is 9. The number of aliphatic carboxylic acids is 1. The fraction of sp³-hybridized carbons (Fsp3) is 0.667. The van der Waals surface area contributed by atoms with Crippen LogP contribution in [-0.4, -0.2) is 93.5 Å². The van der Waals surface area contributed by atoms with E-state index in [4.69, 9.17) is 15.6 Å². The predicted molar refractivity (Wildman–Crippen MR) is 136 cm³/mol. The molecule has 5 N–H and O–H groups in total. The molecular weight excluding hydrogens is 519 g/mol. The summed E-state index contributed by atoms with van der Waals surface area (Å²) < 4.78 is 31.7. The molecule has 0 spiro atoms. The monoisotopic (exact) mass is 557 g/mol. The first-order valence-corrected chi connectivity index (χ1v) is 13.4. The molecule has 0 aromatic heterocycles. The normalized spacial score (nSPS) is 24.1. The number of halogens is 3. The molecule has 2 aliphatic heterocycles. The molecule has 1 aromatic carbocycles. The van der Waals surface area contributed by atoms with Crippen molar-refractivity contribution in [1.29, 1.82) is 0 Å². The Morgan fingerprint density at radius 3 is 2.18 bits per heavy atom. The fourth-order valence-corrected chi connectivity index (χ4v) is 6.18. The van der Waals surface area contributed by atoms with E-state index in [0.717, 1.165) is 45.1 Å². The molecule has 0 radical (unpaired) electrons. The highest BCUT2D eigenvalue weighted by Gasteiger charge is 2.41. The molecule has 1 aliphatic carbocycles. The summed E-state index contributed by atoms with van der Waals surface area (Å²) in [6, 6.07) is 8.68. The van der Waals surface area contributed by atoms with Crippen LogP contribution in [0.3, 0.4) is 0 Å². The number of aliphatic hydroxyl groups is 2. The Morgan fingerprint density at radius 2 is 1.67 bits per heavy atom. The third-order valence-electron chi connectivity index (χ3n) is 8.12. The van der Waals surface area contributed by atoms with Crippen molar-refractivity contribution in [2.75, 3.05) is 26.2 Å². The van der Waals surface area contributed by atoms with Gasteiger partial charge in [0.25, 0.3) is 5.91 Å². The van der Waals surface area contributed by atoms with Gasteiger partial charge in [-0.3, -0.25) is 14.5 Å². The number of amides is 2. The van der Waals surface area contributed by atoms with Crippen LogP contribution in [-0.2, 0) is 9.59 Å². The molecule has 1 saturated carbocycles. The molecule has 2 saturated heterocycles. The second-order valence-corrected chi connectivity index (χ2v) is 10.7. The molecular formula is C27H38F3N3O6. The Hall–Kier alpha value is -2.70. The van der Waals surface area contributed by atoms with E-state index in [1.165, 1.54) is 18.4 Å². The van der Waals surface area contributed by atoms with E-state index < -0.39 is 24.9 Å². The van der Waals surface area contributed by atoms with Crippen molar-refractivity contribution < 1.29 is 42.9 Å². The van der Waals surface area contributed by atoms with Crippen LogP contribution in [0.2, 0.25) is 0 Å². The maximum atomic E-state index is 12.7. The number of carboxylic acid groups (broad SMARTS) is 1. The number of hydrogen-bond acceptors (Lipinski definition) is 6. The second-order valence-electron chi connectivity index (χ2n) is 10.7. The number of nitrogens with two attached hydrogens (primary N) is 1. The highest BCUT2D eigenvalue weighted by atomic mass is 19.4. The summed E-state index contributed by atoms with van der Waals surface area (Å²) in [5.74, 6) is -2.55. The minimum absolute atomic E-state index is 0.343. The van der Waals surface area contributed by atoms with Crippen molar-refractivity contribution in [3.63, 3.8) is 0 Å². The minimum Gasteiger partial charge on any atom is -0.475 e. The van der Waals surface area contributed by atoms with Crippen LogP contribution in [0.5, 0.6) is 0 Å². The van der Waals surface area contributed by atoms with E-state index in [1.54, 1.807) is 11.0 Å². The van der Waals surface area contributed by atoms with E-state index in [0.29, 0.717) is 42.6 Å². The SMILES string of the molecule is NC(=O)c1cccc(C2CC3CCC(C2)N3CCN(CC2CCCC2)C(=O)[C@@H](O)CO)c1.O=C(O)C(F)(F)F. The maximum absolute atomic E-state index is 12.7. The molecule has 218 valence electrons.